The van der Waals surface area contributed by atoms with Crippen LogP contribution in [0.15, 0.2) is 41.8 Å². The van der Waals surface area contributed by atoms with E-state index in [0.29, 0.717) is 24.4 Å². The van der Waals surface area contributed by atoms with Gasteiger partial charge in [-0.15, -0.1) is 11.3 Å². The largest absolute Gasteiger partial charge is 0.488 e. The van der Waals surface area contributed by atoms with Gasteiger partial charge in [-0.05, 0) is 92.7 Å². The molecule has 4 fully saturated rings. The molecule has 3 unspecified atom stereocenters. The molecule has 2 aromatic carbocycles. The fraction of sp³-hybridized carbons (Fsp3) is 0.500. The van der Waals surface area contributed by atoms with E-state index in [1.54, 1.807) is 11.3 Å². The summed E-state index contributed by atoms with van der Waals surface area (Å²) in [7, 11) is 0. The number of carbonyl (C=O) groups excluding carboxylic acids is 1. The second-order valence-electron chi connectivity index (χ2n) is 12.0. The number of anilines is 1. The molecule has 0 radical (unpaired) electrons. The average Bonchev–Trinajstić information content (AvgIpc) is 3.35. The van der Waals surface area contributed by atoms with E-state index < -0.39 is 6.29 Å². The fourth-order valence-corrected chi connectivity index (χ4v) is 7.95. The Morgan fingerprint density at radius 1 is 1.10 bits per heavy atom. The summed E-state index contributed by atoms with van der Waals surface area (Å²) in [6.07, 6.45) is 4.10. The molecule has 3 aliphatic heterocycles. The van der Waals surface area contributed by atoms with E-state index in [2.05, 4.69) is 36.3 Å². The molecule has 4 aliphatic rings. The molecule has 3 saturated heterocycles. The van der Waals surface area contributed by atoms with Gasteiger partial charge in [0.1, 0.15) is 18.5 Å². The number of benzene rings is 2. The highest BCUT2D eigenvalue weighted by molar-refractivity contribution is 7.14. The minimum absolute atomic E-state index is 0.0453. The Morgan fingerprint density at radius 2 is 1.85 bits per heavy atom. The molecule has 2 bridgehead atoms. The predicted octanol–water partition coefficient (Wildman–Crippen LogP) is 5.42. The Labute approximate surface area is 239 Å². The lowest BCUT2D eigenvalue weighted by Crippen LogP contribution is -2.44. The van der Waals surface area contributed by atoms with Crippen molar-refractivity contribution in [3.8, 4) is 17.0 Å². The molecule has 4 heterocycles. The van der Waals surface area contributed by atoms with E-state index in [4.69, 9.17) is 14.5 Å². The van der Waals surface area contributed by atoms with Gasteiger partial charge < -0.3 is 24.4 Å². The number of amides is 1. The molecule has 5 atom stereocenters. The lowest BCUT2D eigenvalue weighted by atomic mass is 9.82. The van der Waals surface area contributed by atoms with Crippen molar-refractivity contribution in [3.63, 3.8) is 0 Å². The number of piperidine rings is 1. The van der Waals surface area contributed by atoms with Crippen molar-refractivity contribution in [1.29, 1.82) is 0 Å². The Morgan fingerprint density at radius 3 is 2.55 bits per heavy atom. The average molecular weight is 560 g/mol. The maximum Gasteiger partial charge on any atom is 0.253 e. The third kappa shape index (κ3) is 4.91. The van der Waals surface area contributed by atoms with Crippen LogP contribution in [0.2, 0.25) is 0 Å². The quantitative estimate of drug-likeness (QED) is 0.390. The number of aliphatic hydroxyl groups excluding tert-OH is 1. The summed E-state index contributed by atoms with van der Waals surface area (Å²) < 4.78 is 11.8. The van der Waals surface area contributed by atoms with Crippen LogP contribution in [0.4, 0.5) is 5.13 Å². The van der Waals surface area contributed by atoms with Crippen LogP contribution < -0.4 is 9.64 Å². The van der Waals surface area contributed by atoms with E-state index in [1.807, 2.05) is 29.2 Å². The van der Waals surface area contributed by atoms with Crippen LogP contribution in [-0.2, 0) is 11.3 Å². The van der Waals surface area contributed by atoms with Crippen LogP contribution >= 0.6 is 11.3 Å². The molecule has 40 heavy (non-hydrogen) atoms. The summed E-state index contributed by atoms with van der Waals surface area (Å²) in [6, 6.07) is 12.2. The Bertz CT molecular complexity index is 1400. The van der Waals surface area contributed by atoms with Crippen molar-refractivity contribution in [2.24, 2.45) is 17.8 Å². The molecule has 8 heteroatoms. The summed E-state index contributed by atoms with van der Waals surface area (Å²) in [5.74, 6) is 2.55. The summed E-state index contributed by atoms with van der Waals surface area (Å²) in [6.45, 7) is 8.25. The van der Waals surface area contributed by atoms with Crippen LogP contribution in [0.5, 0.6) is 5.75 Å². The van der Waals surface area contributed by atoms with Crippen molar-refractivity contribution in [2.45, 2.75) is 58.5 Å². The topological polar surface area (TPSA) is 78.4 Å². The number of epoxide rings is 1. The van der Waals surface area contributed by atoms with E-state index in [9.17, 15) is 9.90 Å². The van der Waals surface area contributed by atoms with Gasteiger partial charge in [0.15, 0.2) is 11.4 Å². The number of aromatic nitrogens is 1. The predicted molar refractivity (Wildman–Crippen MR) is 156 cm³/mol. The highest BCUT2D eigenvalue weighted by atomic mass is 32.1. The van der Waals surface area contributed by atoms with E-state index in [1.165, 1.54) is 18.4 Å². The number of hydrogen-bond acceptors (Lipinski definition) is 7. The van der Waals surface area contributed by atoms with Crippen molar-refractivity contribution in [3.05, 3.63) is 64.0 Å². The Balaban J connectivity index is 1.05. The maximum absolute atomic E-state index is 12.8. The number of carbonyl (C=O) groups is 1. The van der Waals surface area contributed by atoms with Gasteiger partial charge in [0, 0.05) is 42.7 Å². The van der Waals surface area contributed by atoms with Gasteiger partial charge in [-0.1, -0.05) is 17.7 Å². The van der Waals surface area contributed by atoms with Gasteiger partial charge >= 0.3 is 0 Å². The fourth-order valence-electron chi connectivity index (χ4n) is 7.11. The second-order valence-corrected chi connectivity index (χ2v) is 12.9. The monoisotopic (exact) mass is 559 g/mol. The zero-order valence-electron chi connectivity index (χ0n) is 23.2. The van der Waals surface area contributed by atoms with E-state index in [-0.39, 0.29) is 12.0 Å². The van der Waals surface area contributed by atoms with Crippen LogP contribution in [-0.4, -0.2) is 59.5 Å². The summed E-state index contributed by atoms with van der Waals surface area (Å²) in [4.78, 5) is 22.3. The first-order valence-electron chi connectivity index (χ1n) is 14.6. The Hall–Kier alpha value is -2.94. The molecular formula is C32H37N3O4S. The first kappa shape index (κ1) is 26.0. The molecule has 1 aromatic heterocycles. The van der Waals surface area contributed by atoms with Crippen LogP contribution in [0, 0.1) is 31.6 Å². The first-order valence-corrected chi connectivity index (χ1v) is 15.5. The zero-order valence-corrected chi connectivity index (χ0v) is 24.0. The number of aryl methyl sites for hydroxylation is 2. The minimum atomic E-state index is -0.551. The van der Waals surface area contributed by atoms with Crippen LogP contribution in [0.25, 0.3) is 11.3 Å². The molecule has 7 nitrogen and oxygen atoms in total. The standard InChI is InChI=1S/C32H37N3O4S/c1-19-5-10-27(38-17-24-9-6-21(14-20(24)2)30(36)34-11-3-4-12-34)25(13-19)26-18-40-32(33-26)35-15-22-7-8-23(16-35)28(22)29-31(37)39-29/h5-6,9-10,13-14,18,22-23,28-29,31,37H,3-4,7-8,11-12,15-17H2,1-2H3/t22-,23+,28?,29?,31?. The van der Waals surface area contributed by atoms with Crippen molar-refractivity contribution < 1.29 is 19.4 Å². The third-order valence-electron chi connectivity index (χ3n) is 9.33. The number of thiazole rings is 1. The molecule has 1 N–H and O–H groups in total. The number of likely N-dealkylation sites (tertiary alicyclic amines) is 1. The lowest BCUT2D eigenvalue weighted by Gasteiger charge is -2.37. The third-order valence-corrected chi connectivity index (χ3v) is 10.2. The van der Waals surface area contributed by atoms with Gasteiger partial charge in [-0.2, -0.15) is 0 Å². The second kappa shape index (κ2) is 10.5. The van der Waals surface area contributed by atoms with E-state index in [0.717, 1.165) is 77.8 Å². The molecule has 1 saturated carbocycles. The van der Waals surface area contributed by atoms with Gasteiger partial charge in [-0.25, -0.2) is 4.98 Å². The molecule has 1 aliphatic carbocycles. The Kier molecular flexibility index (Phi) is 6.80. The number of fused-ring (bicyclic) bond motifs is 2. The van der Waals surface area contributed by atoms with Crippen LogP contribution in [0.1, 0.15) is 52.7 Å². The van der Waals surface area contributed by atoms with Gasteiger partial charge in [0.25, 0.3) is 5.91 Å². The first-order chi connectivity index (χ1) is 19.4. The molecule has 210 valence electrons. The normalized spacial score (nSPS) is 27.3. The number of rotatable bonds is 7. The molecular weight excluding hydrogens is 522 g/mol. The number of nitrogens with zero attached hydrogens (tertiary/aromatic N) is 3. The maximum atomic E-state index is 12.8. The molecule has 3 aromatic rings. The number of ether oxygens (including phenoxy) is 2. The molecule has 7 rings (SSSR count). The van der Waals surface area contributed by atoms with Crippen molar-refractivity contribution >= 4 is 22.4 Å². The highest BCUT2D eigenvalue weighted by Crippen LogP contribution is 2.50. The van der Waals surface area contributed by atoms with Gasteiger partial charge in [0.05, 0.1) is 5.69 Å². The summed E-state index contributed by atoms with van der Waals surface area (Å²) in [5, 5.41) is 13.0. The summed E-state index contributed by atoms with van der Waals surface area (Å²) in [5.41, 5.74) is 6.02. The highest BCUT2D eigenvalue weighted by Gasteiger charge is 2.55. The summed E-state index contributed by atoms with van der Waals surface area (Å²) >= 11 is 1.70. The lowest BCUT2D eigenvalue weighted by molar-refractivity contribution is 0.0792. The minimum Gasteiger partial charge on any atom is -0.488 e. The van der Waals surface area contributed by atoms with E-state index >= 15 is 0 Å². The number of hydrogen-bond donors (Lipinski definition) is 1. The zero-order chi connectivity index (χ0) is 27.4. The smallest absolute Gasteiger partial charge is 0.253 e. The molecule has 0 spiro atoms. The van der Waals surface area contributed by atoms with Crippen molar-refractivity contribution in [2.75, 3.05) is 31.1 Å². The van der Waals surface area contributed by atoms with Crippen molar-refractivity contribution in [1.82, 2.24) is 9.88 Å². The molecule has 1 amide bonds. The van der Waals surface area contributed by atoms with Gasteiger partial charge in [0.2, 0.25) is 0 Å². The van der Waals surface area contributed by atoms with Gasteiger partial charge in [-0.3, -0.25) is 4.79 Å². The number of aliphatic hydroxyl groups is 1. The van der Waals surface area contributed by atoms with Crippen LogP contribution in [0.3, 0.4) is 0 Å². The SMILES string of the molecule is Cc1ccc(OCc2ccc(C(=O)N3CCCC3)cc2C)c(-c2csc(N3C[C@H]4CC[C@@H](C3)C4C3OC3O)n2)c1.